The van der Waals surface area contributed by atoms with E-state index in [0.29, 0.717) is 16.5 Å². The largest absolute Gasteiger partial charge is 0.463 e. The van der Waals surface area contributed by atoms with Gasteiger partial charge in [0, 0.05) is 0 Å². The minimum Gasteiger partial charge on any atom is -0.463 e. The topological polar surface area (TPSA) is 36.9 Å². The predicted molar refractivity (Wildman–Crippen MR) is 47.6 cm³/mol. The Morgan fingerprint density at radius 1 is 1.31 bits per heavy atom. The lowest BCUT2D eigenvalue weighted by molar-refractivity contribution is 0.609. The number of nitrogens with zero attached hydrogens (tertiary/aromatic N) is 1. The molecule has 0 aliphatic heterocycles. The molecule has 3 heteroatoms. The molecule has 0 atom stereocenters. The Balaban J connectivity index is 0.000000845. The Hall–Kier alpha value is -1.82. The fourth-order valence-electron chi connectivity index (χ4n) is 1.12. The predicted octanol–water partition coefficient (Wildman–Crippen LogP) is 3.08. The third-order valence-electron chi connectivity index (χ3n) is 1.68. The highest BCUT2D eigenvalue weighted by molar-refractivity contribution is 5.83. The van der Waals surface area contributed by atoms with Crippen LogP contribution in [0.4, 0.5) is 4.39 Å². The summed E-state index contributed by atoms with van der Waals surface area (Å²) >= 11 is 0. The third kappa shape index (κ3) is 1.27. The van der Waals surface area contributed by atoms with Gasteiger partial charge in [0.25, 0.3) is 0 Å². The molecule has 0 spiro atoms. The lowest BCUT2D eigenvalue weighted by Gasteiger charge is -1.91. The fourth-order valence-corrected chi connectivity index (χ4v) is 1.12. The molecule has 2 nitrogen and oxygen atoms in total. The van der Waals surface area contributed by atoms with Crippen LogP contribution in [0.25, 0.3) is 11.0 Å². The van der Waals surface area contributed by atoms with Gasteiger partial charge in [0.15, 0.2) is 5.58 Å². The minimum absolute atomic E-state index is 0. The van der Waals surface area contributed by atoms with Gasteiger partial charge >= 0.3 is 0 Å². The van der Waals surface area contributed by atoms with E-state index in [1.807, 2.05) is 6.07 Å². The van der Waals surface area contributed by atoms with Crippen molar-refractivity contribution in [3.8, 4) is 6.07 Å². The summed E-state index contributed by atoms with van der Waals surface area (Å²) < 4.78 is 17.9. The van der Waals surface area contributed by atoms with Crippen LogP contribution in [0.15, 0.2) is 28.9 Å². The normalized spacial score (nSPS) is 9.23. The SMILES string of the molecule is C.N#Cc1ccc(F)c2ccoc12. The van der Waals surface area contributed by atoms with Crippen molar-refractivity contribution < 1.29 is 8.81 Å². The molecule has 0 unspecified atom stereocenters. The first-order valence-corrected chi connectivity index (χ1v) is 3.39. The first-order chi connectivity index (χ1) is 5.83. The van der Waals surface area contributed by atoms with Gasteiger partial charge in [0.05, 0.1) is 17.2 Å². The van der Waals surface area contributed by atoms with Crippen molar-refractivity contribution in [3.05, 3.63) is 35.8 Å². The van der Waals surface area contributed by atoms with Crippen molar-refractivity contribution in [2.75, 3.05) is 0 Å². The number of benzene rings is 1. The molecular weight excluding hydrogens is 169 g/mol. The van der Waals surface area contributed by atoms with Gasteiger partial charge in [-0.3, -0.25) is 0 Å². The highest BCUT2D eigenvalue weighted by Crippen LogP contribution is 2.21. The van der Waals surface area contributed by atoms with Gasteiger partial charge in [0.1, 0.15) is 11.9 Å². The summed E-state index contributed by atoms with van der Waals surface area (Å²) in [5.74, 6) is -0.363. The molecule has 2 aromatic rings. The highest BCUT2D eigenvalue weighted by atomic mass is 19.1. The average molecular weight is 177 g/mol. The van der Waals surface area contributed by atoms with Crippen molar-refractivity contribution in [2.24, 2.45) is 0 Å². The minimum atomic E-state index is -0.363. The molecule has 0 saturated heterocycles. The summed E-state index contributed by atoms with van der Waals surface area (Å²) in [5, 5.41) is 8.97. The molecule has 0 aliphatic rings. The van der Waals surface area contributed by atoms with Crippen LogP contribution in [0.5, 0.6) is 0 Å². The number of furan rings is 1. The Labute approximate surface area is 75.2 Å². The lowest BCUT2D eigenvalue weighted by atomic mass is 10.2. The fraction of sp³-hybridized carbons (Fsp3) is 0.100. The molecular formula is C10H8FNO. The first-order valence-electron chi connectivity index (χ1n) is 3.39. The molecule has 1 aromatic heterocycles. The summed E-state index contributed by atoms with van der Waals surface area (Å²) in [4.78, 5) is 0. The lowest BCUT2D eigenvalue weighted by Crippen LogP contribution is -1.78. The van der Waals surface area contributed by atoms with E-state index in [9.17, 15) is 4.39 Å². The maximum Gasteiger partial charge on any atom is 0.154 e. The van der Waals surface area contributed by atoms with E-state index in [1.54, 1.807) is 0 Å². The van der Waals surface area contributed by atoms with Gasteiger partial charge in [-0.25, -0.2) is 4.39 Å². The molecule has 0 radical (unpaired) electrons. The third-order valence-corrected chi connectivity index (χ3v) is 1.68. The zero-order chi connectivity index (χ0) is 8.55. The quantitative estimate of drug-likeness (QED) is 0.620. The summed E-state index contributed by atoms with van der Waals surface area (Å²) in [7, 11) is 0. The molecule has 2 rings (SSSR count). The van der Waals surface area contributed by atoms with E-state index in [1.165, 1.54) is 24.5 Å². The number of halogens is 1. The molecule has 0 aliphatic carbocycles. The van der Waals surface area contributed by atoms with E-state index < -0.39 is 0 Å². The molecule has 0 bridgehead atoms. The summed E-state index contributed by atoms with van der Waals surface area (Å²) in [6.07, 6.45) is 1.37. The smallest absolute Gasteiger partial charge is 0.154 e. The maximum absolute atomic E-state index is 13.0. The van der Waals surface area contributed by atoms with Crippen molar-refractivity contribution in [3.63, 3.8) is 0 Å². The number of fused-ring (bicyclic) bond motifs is 1. The number of hydrogen-bond donors (Lipinski definition) is 0. The Kier molecular flexibility index (Phi) is 2.34. The first kappa shape index (κ1) is 9.27. The van der Waals surface area contributed by atoms with Crippen LogP contribution in [0, 0.1) is 17.1 Å². The van der Waals surface area contributed by atoms with Gasteiger partial charge in [-0.1, -0.05) is 7.43 Å². The van der Waals surface area contributed by atoms with Crippen LogP contribution in [0.3, 0.4) is 0 Å². The number of hydrogen-bond acceptors (Lipinski definition) is 2. The monoisotopic (exact) mass is 177 g/mol. The maximum atomic E-state index is 13.0. The van der Waals surface area contributed by atoms with Crippen LogP contribution >= 0.6 is 0 Å². The molecule has 1 aromatic carbocycles. The average Bonchev–Trinajstić information content (AvgIpc) is 2.54. The van der Waals surface area contributed by atoms with Gasteiger partial charge < -0.3 is 4.42 Å². The van der Waals surface area contributed by atoms with Crippen LogP contribution in [0.2, 0.25) is 0 Å². The zero-order valence-electron chi connectivity index (χ0n) is 6.04. The van der Waals surface area contributed by atoms with Crippen molar-refractivity contribution >= 4 is 11.0 Å². The molecule has 0 fully saturated rings. The Morgan fingerprint density at radius 3 is 2.77 bits per heavy atom. The van der Waals surface area contributed by atoms with Crippen LogP contribution in [0.1, 0.15) is 13.0 Å². The van der Waals surface area contributed by atoms with E-state index >= 15 is 0 Å². The molecule has 66 valence electrons. The van der Waals surface area contributed by atoms with E-state index in [2.05, 4.69) is 0 Å². The molecule has 0 amide bonds. The van der Waals surface area contributed by atoms with Crippen LogP contribution in [-0.2, 0) is 0 Å². The van der Waals surface area contributed by atoms with Gasteiger partial charge in [0.2, 0.25) is 0 Å². The summed E-state index contributed by atoms with van der Waals surface area (Å²) in [6, 6.07) is 6.09. The van der Waals surface area contributed by atoms with Crippen molar-refractivity contribution in [1.82, 2.24) is 0 Å². The highest BCUT2D eigenvalue weighted by Gasteiger charge is 2.07. The van der Waals surface area contributed by atoms with E-state index in [4.69, 9.17) is 9.68 Å². The number of nitriles is 1. The molecule has 0 N–H and O–H groups in total. The number of rotatable bonds is 0. The van der Waals surface area contributed by atoms with E-state index in [0.717, 1.165) is 0 Å². The Morgan fingerprint density at radius 2 is 2.08 bits per heavy atom. The second-order valence-electron chi connectivity index (χ2n) is 2.37. The summed E-state index contributed by atoms with van der Waals surface area (Å²) in [5.41, 5.74) is 0.675. The molecule has 0 saturated carbocycles. The standard InChI is InChI=1S/C9H4FNO.CH4/c10-8-2-1-6(5-11)9-7(8)3-4-12-9;/h1-4H;1H4. The van der Waals surface area contributed by atoms with Crippen molar-refractivity contribution in [1.29, 1.82) is 5.26 Å². The molecule has 13 heavy (non-hydrogen) atoms. The van der Waals surface area contributed by atoms with Crippen LogP contribution < -0.4 is 0 Å². The second-order valence-corrected chi connectivity index (χ2v) is 2.37. The van der Waals surface area contributed by atoms with Gasteiger partial charge in [-0.05, 0) is 18.2 Å². The van der Waals surface area contributed by atoms with E-state index in [-0.39, 0.29) is 13.2 Å². The van der Waals surface area contributed by atoms with Gasteiger partial charge in [-0.2, -0.15) is 5.26 Å². The van der Waals surface area contributed by atoms with Crippen molar-refractivity contribution in [2.45, 2.75) is 7.43 Å². The second kappa shape index (κ2) is 3.28. The zero-order valence-corrected chi connectivity index (χ0v) is 6.04. The van der Waals surface area contributed by atoms with Gasteiger partial charge in [-0.15, -0.1) is 0 Å². The Bertz CT molecular complexity index is 467. The summed E-state index contributed by atoms with van der Waals surface area (Å²) in [6.45, 7) is 0. The molecule has 1 heterocycles. The van der Waals surface area contributed by atoms with Crippen LogP contribution in [-0.4, -0.2) is 0 Å².